The summed E-state index contributed by atoms with van der Waals surface area (Å²) >= 11 is 0. The van der Waals surface area contributed by atoms with Crippen molar-refractivity contribution in [2.24, 2.45) is 5.90 Å². The average molecular weight is 194 g/mol. The van der Waals surface area contributed by atoms with Crippen LogP contribution in [0.15, 0.2) is 0 Å². The molecule has 0 spiro atoms. The van der Waals surface area contributed by atoms with Crippen LogP contribution >= 0.6 is 0 Å². The van der Waals surface area contributed by atoms with E-state index in [0.717, 1.165) is 0 Å². The number of hydrogen-bond acceptors (Lipinski definition) is 5. The second-order valence-electron chi connectivity index (χ2n) is 2.86. The van der Waals surface area contributed by atoms with Crippen LogP contribution in [0.5, 0.6) is 0 Å². The van der Waals surface area contributed by atoms with Gasteiger partial charge in [-0.25, -0.2) is 14.3 Å². The van der Waals surface area contributed by atoms with Gasteiger partial charge < -0.3 is 4.84 Å². The molecule has 0 unspecified atom stereocenters. The van der Waals surface area contributed by atoms with E-state index in [2.05, 4.69) is 4.84 Å². The highest BCUT2D eigenvalue weighted by atomic mass is 32.2. The number of rotatable bonds is 3. The standard InChI is InChI=1S/C6H14N2O3S/c7-11-4-1-8-2-5-12(9,10)6-3-8/h1-7H2. The topological polar surface area (TPSA) is 72.6 Å². The van der Waals surface area contributed by atoms with Crippen LogP contribution in [0.2, 0.25) is 0 Å². The Kier molecular flexibility index (Phi) is 3.45. The molecular weight excluding hydrogens is 180 g/mol. The van der Waals surface area contributed by atoms with Crippen LogP contribution < -0.4 is 5.90 Å². The van der Waals surface area contributed by atoms with E-state index in [4.69, 9.17) is 5.90 Å². The van der Waals surface area contributed by atoms with E-state index in [-0.39, 0.29) is 11.5 Å². The molecule has 5 nitrogen and oxygen atoms in total. The lowest BCUT2D eigenvalue weighted by molar-refractivity contribution is 0.108. The smallest absolute Gasteiger partial charge is 0.152 e. The van der Waals surface area contributed by atoms with Gasteiger partial charge in [0.2, 0.25) is 0 Å². The fraction of sp³-hybridized carbons (Fsp3) is 1.00. The summed E-state index contributed by atoms with van der Waals surface area (Å²) in [6, 6.07) is 0. The van der Waals surface area contributed by atoms with Crippen LogP contribution in [0.3, 0.4) is 0 Å². The summed E-state index contributed by atoms with van der Waals surface area (Å²) in [4.78, 5) is 6.44. The lowest BCUT2D eigenvalue weighted by atomic mass is 10.5. The lowest BCUT2D eigenvalue weighted by Crippen LogP contribution is -2.41. The molecule has 6 heteroatoms. The van der Waals surface area contributed by atoms with Gasteiger partial charge in [-0.3, -0.25) is 4.90 Å². The highest BCUT2D eigenvalue weighted by molar-refractivity contribution is 7.91. The molecule has 0 radical (unpaired) electrons. The third kappa shape index (κ3) is 3.06. The van der Waals surface area contributed by atoms with E-state index in [1.807, 2.05) is 4.90 Å². The SMILES string of the molecule is NOCCN1CCS(=O)(=O)CC1. The van der Waals surface area contributed by atoms with Crippen molar-refractivity contribution in [1.82, 2.24) is 4.90 Å². The summed E-state index contributed by atoms with van der Waals surface area (Å²) in [5, 5.41) is 0. The van der Waals surface area contributed by atoms with Crippen LogP contribution in [-0.4, -0.2) is 51.1 Å². The fourth-order valence-electron chi connectivity index (χ4n) is 1.16. The van der Waals surface area contributed by atoms with Crippen LogP contribution in [0.4, 0.5) is 0 Å². The Morgan fingerprint density at radius 3 is 2.42 bits per heavy atom. The first-order valence-electron chi connectivity index (χ1n) is 3.88. The van der Waals surface area contributed by atoms with Crippen LogP contribution in [-0.2, 0) is 14.7 Å². The molecule has 1 fully saturated rings. The predicted molar refractivity (Wildman–Crippen MR) is 45.2 cm³/mol. The number of nitrogens with zero attached hydrogens (tertiary/aromatic N) is 1. The maximum atomic E-state index is 11.0. The van der Waals surface area contributed by atoms with Gasteiger partial charge in [0.1, 0.15) is 0 Å². The summed E-state index contributed by atoms with van der Waals surface area (Å²) in [7, 11) is -2.75. The minimum absolute atomic E-state index is 0.261. The molecule has 0 bridgehead atoms. The Morgan fingerprint density at radius 1 is 1.33 bits per heavy atom. The molecule has 0 aliphatic carbocycles. The van der Waals surface area contributed by atoms with E-state index in [1.54, 1.807) is 0 Å². The highest BCUT2D eigenvalue weighted by Crippen LogP contribution is 2.02. The first-order chi connectivity index (χ1) is 5.64. The van der Waals surface area contributed by atoms with E-state index >= 15 is 0 Å². The minimum atomic E-state index is -2.75. The predicted octanol–water partition coefficient (Wildman–Crippen LogP) is -1.39. The van der Waals surface area contributed by atoms with Gasteiger partial charge in [0.05, 0.1) is 18.1 Å². The Bertz CT molecular complexity index is 213. The molecule has 1 aliphatic heterocycles. The van der Waals surface area contributed by atoms with Crippen molar-refractivity contribution in [3.05, 3.63) is 0 Å². The molecule has 2 N–H and O–H groups in total. The number of nitrogens with two attached hydrogens (primary N) is 1. The average Bonchev–Trinajstić information content (AvgIpc) is 2.03. The van der Waals surface area contributed by atoms with Crippen molar-refractivity contribution >= 4 is 9.84 Å². The van der Waals surface area contributed by atoms with Crippen molar-refractivity contribution < 1.29 is 13.3 Å². The molecule has 0 aromatic heterocycles. The Morgan fingerprint density at radius 2 is 1.92 bits per heavy atom. The van der Waals surface area contributed by atoms with Gasteiger partial charge in [0.25, 0.3) is 0 Å². The van der Waals surface area contributed by atoms with Crippen molar-refractivity contribution in [3.63, 3.8) is 0 Å². The second kappa shape index (κ2) is 4.18. The summed E-state index contributed by atoms with van der Waals surface area (Å²) in [6.07, 6.45) is 0. The number of hydrogen-bond donors (Lipinski definition) is 1. The van der Waals surface area contributed by atoms with Gasteiger partial charge in [-0.15, -0.1) is 0 Å². The maximum absolute atomic E-state index is 11.0. The summed E-state index contributed by atoms with van der Waals surface area (Å²) < 4.78 is 22.0. The zero-order chi connectivity index (χ0) is 9.03. The van der Waals surface area contributed by atoms with Gasteiger partial charge >= 0.3 is 0 Å². The highest BCUT2D eigenvalue weighted by Gasteiger charge is 2.20. The van der Waals surface area contributed by atoms with Crippen molar-refractivity contribution in [1.29, 1.82) is 0 Å². The Balaban J connectivity index is 2.27. The zero-order valence-electron chi connectivity index (χ0n) is 6.90. The summed E-state index contributed by atoms with van der Waals surface area (Å²) in [5.41, 5.74) is 0. The van der Waals surface area contributed by atoms with Gasteiger partial charge in [-0.1, -0.05) is 0 Å². The fourth-order valence-corrected chi connectivity index (χ4v) is 2.43. The second-order valence-corrected chi connectivity index (χ2v) is 5.17. The molecule has 0 aromatic rings. The molecule has 0 atom stereocenters. The van der Waals surface area contributed by atoms with Gasteiger partial charge in [0.15, 0.2) is 9.84 Å². The minimum Gasteiger partial charge on any atom is -0.303 e. The van der Waals surface area contributed by atoms with Crippen LogP contribution in [0.1, 0.15) is 0 Å². The van der Waals surface area contributed by atoms with E-state index in [0.29, 0.717) is 26.2 Å². The molecule has 12 heavy (non-hydrogen) atoms. The Labute approximate surface area is 72.4 Å². The molecule has 0 saturated carbocycles. The number of sulfone groups is 1. The van der Waals surface area contributed by atoms with Crippen molar-refractivity contribution in [3.8, 4) is 0 Å². The lowest BCUT2D eigenvalue weighted by Gasteiger charge is -2.25. The molecule has 0 aromatic carbocycles. The van der Waals surface area contributed by atoms with Crippen LogP contribution in [0, 0.1) is 0 Å². The first kappa shape index (κ1) is 9.91. The first-order valence-corrected chi connectivity index (χ1v) is 5.71. The van der Waals surface area contributed by atoms with Gasteiger partial charge in [-0.05, 0) is 0 Å². The maximum Gasteiger partial charge on any atom is 0.152 e. The van der Waals surface area contributed by atoms with Crippen molar-refractivity contribution in [2.75, 3.05) is 37.7 Å². The van der Waals surface area contributed by atoms with Crippen LogP contribution in [0.25, 0.3) is 0 Å². The van der Waals surface area contributed by atoms with E-state index in [9.17, 15) is 8.42 Å². The normalized spacial score (nSPS) is 24.1. The molecule has 1 aliphatic rings. The zero-order valence-corrected chi connectivity index (χ0v) is 7.72. The van der Waals surface area contributed by atoms with Gasteiger partial charge in [-0.2, -0.15) is 0 Å². The molecule has 1 rings (SSSR count). The third-order valence-electron chi connectivity index (χ3n) is 1.96. The van der Waals surface area contributed by atoms with Crippen molar-refractivity contribution in [2.45, 2.75) is 0 Å². The third-order valence-corrected chi connectivity index (χ3v) is 3.57. The van der Waals surface area contributed by atoms with Gasteiger partial charge in [0, 0.05) is 19.6 Å². The Hall–Kier alpha value is -0.170. The molecule has 1 heterocycles. The largest absolute Gasteiger partial charge is 0.303 e. The molecule has 1 saturated heterocycles. The quantitative estimate of drug-likeness (QED) is 0.560. The molecular formula is C6H14N2O3S. The summed E-state index contributed by atoms with van der Waals surface area (Å²) in [5.74, 6) is 5.38. The molecule has 0 amide bonds. The summed E-state index contributed by atoms with van der Waals surface area (Å²) in [6.45, 7) is 2.38. The molecule has 72 valence electrons. The van der Waals surface area contributed by atoms with E-state index in [1.165, 1.54) is 0 Å². The monoisotopic (exact) mass is 194 g/mol. The van der Waals surface area contributed by atoms with E-state index < -0.39 is 9.84 Å².